The van der Waals surface area contributed by atoms with Gasteiger partial charge in [0.1, 0.15) is 0 Å². The second kappa shape index (κ2) is 3.64. The van der Waals surface area contributed by atoms with Crippen molar-refractivity contribution in [3.8, 4) is 0 Å². The lowest BCUT2D eigenvalue weighted by molar-refractivity contribution is -0.493. The summed E-state index contributed by atoms with van der Waals surface area (Å²) in [5.74, 6) is -1.80. The number of primary amides is 1. The van der Waals surface area contributed by atoms with Gasteiger partial charge in [0.25, 0.3) is 5.78 Å². The highest BCUT2D eigenvalue weighted by Crippen LogP contribution is 2.17. The van der Waals surface area contributed by atoms with E-state index in [0.717, 1.165) is 5.52 Å². The van der Waals surface area contributed by atoms with E-state index in [1.807, 2.05) is 6.07 Å². The molecule has 0 spiro atoms. The van der Waals surface area contributed by atoms with Gasteiger partial charge in [-0.1, -0.05) is 18.2 Å². The molecule has 15 heavy (non-hydrogen) atoms. The van der Waals surface area contributed by atoms with Gasteiger partial charge in [0.05, 0.1) is 5.56 Å². The van der Waals surface area contributed by atoms with Gasteiger partial charge in [0.15, 0.2) is 0 Å². The molecule has 0 aliphatic carbocycles. The number of nitrogens with two attached hydrogens (primary N) is 1. The quantitative estimate of drug-likeness (QED) is 0.408. The maximum absolute atomic E-state index is 11.5. The molecule has 0 bridgehead atoms. The number of aromatic amines is 1. The van der Waals surface area contributed by atoms with Crippen LogP contribution >= 0.6 is 0 Å². The Balaban J connectivity index is 2.53. The van der Waals surface area contributed by atoms with E-state index in [1.165, 1.54) is 6.20 Å². The summed E-state index contributed by atoms with van der Waals surface area (Å²) in [5.41, 5.74) is 1.03. The molecule has 2 rings (SSSR count). The maximum atomic E-state index is 11.5. The van der Waals surface area contributed by atoms with Gasteiger partial charge in [0.2, 0.25) is 0 Å². The third kappa shape index (κ3) is 1.54. The zero-order valence-electron chi connectivity index (χ0n) is 7.69. The standard InChI is InChI=1S/C10H8N2O3/c13-9(10(14)12-15)7-5-11-8-4-2-1-3-6(7)8/h1-5,11H,12H2. The van der Waals surface area contributed by atoms with Crippen LogP contribution in [0.4, 0.5) is 0 Å². The number of rotatable bonds is 2. The molecule has 0 aliphatic rings. The number of Topliss-reactive ketones (excluding diaryl/α,β-unsaturated/α-hetero) is 1. The predicted molar refractivity (Wildman–Crippen MR) is 52.9 cm³/mol. The van der Waals surface area contributed by atoms with Crippen molar-refractivity contribution in [1.29, 1.82) is 0 Å². The fourth-order valence-electron chi connectivity index (χ4n) is 1.45. The highest BCUT2D eigenvalue weighted by molar-refractivity contribution is 6.41. The lowest BCUT2D eigenvalue weighted by Crippen LogP contribution is -2.83. The molecule has 76 valence electrons. The molecule has 3 N–H and O–H groups in total. The largest absolute Gasteiger partial charge is 0.628 e. The number of nitrogens with one attached hydrogen (secondary N) is 1. The van der Waals surface area contributed by atoms with Crippen molar-refractivity contribution in [2.45, 2.75) is 0 Å². The van der Waals surface area contributed by atoms with Crippen LogP contribution in [-0.2, 0) is 4.79 Å². The van der Waals surface area contributed by atoms with E-state index in [9.17, 15) is 14.8 Å². The Morgan fingerprint density at radius 3 is 2.73 bits per heavy atom. The Morgan fingerprint density at radius 1 is 1.27 bits per heavy atom. The summed E-state index contributed by atoms with van der Waals surface area (Å²) >= 11 is 0. The zero-order valence-corrected chi connectivity index (χ0v) is 7.69. The third-order valence-electron chi connectivity index (χ3n) is 2.16. The Morgan fingerprint density at radius 2 is 2.00 bits per heavy atom. The molecule has 1 aromatic carbocycles. The van der Waals surface area contributed by atoms with Gasteiger partial charge in [-0.2, -0.15) is 0 Å². The number of benzene rings is 1. The average molecular weight is 204 g/mol. The van der Waals surface area contributed by atoms with Crippen molar-refractivity contribution in [2.75, 3.05) is 0 Å². The first kappa shape index (κ1) is 9.57. The molecule has 1 heterocycles. The van der Waals surface area contributed by atoms with Crippen LogP contribution in [0.1, 0.15) is 10.4 Å². The van der Waals surface area contributed by atoms with Gasteiger partial charge in [-0.15, -0.1) is 0 Å². The van der Waals surface area contributed by atoms with Crippen LogP contribution in [0.15, 0.2) is 30.5 Å². The summed E-state index contributed by atoms with van der Waals surface area (Å²) in [6.07, 6.45) is 1.44. The summed E-state index contributed by atoms with van der Waals surface area (Å²) < 4.78 is 0. The summed E-state index contributed by atoms with van der Waals surface area (Å²) in [6, 6.07) is 7.08. The van der Waals surface area contributed by atoms with E-state index >= 15 is 0 Å². The predicted octanol–water partition coefficient (Wildman–Crippen LogP) is -0.0616. The van der Waals surface area contributed by atoms with Crippen LogP contribution in [0, 0.1) is 5.21 Å². The first-order valence-corrected chi connectivity index (χ1v) is 4.34. The lowest BCUT2D eigenvalue weighted by Gasteiger charge is -1.97. The Bertz CT molecular complexity index is 530. The van der Waals surface area contributed by atoms with E-state index in [2.05, 4.69) is 4.98 Å². The number of hydrogen-bond acceptors (Lipinski definition) is 3. The second-order valence-electron chi connectivity index (χ2n) is 3.06. The monoisotopic (exact) mass is 204 g/mol. The number of fused-ring (bicyclic) bond motifs is 1. The summed E-state index contributed by atoms with van der Waals surface area (Å²) in [7, 11) is 0. The van der Waals surface area contributed by atoms with Crippen LogP contribution in [0.25, 0.3) is 10.9 Å². The van der Waals surface area contributed by atoms with Gasteiger partial charge < -0.3 is 15.7 Å². The van der Waals surface area contributed by atoms with Gasteiger partial charge in [-0.25, -0.2) is 4.79 Å². The van der Waals surface area contributed by atoms with Crippen molar-refractivity contribution >= 4 is 22.6 Å². The fraction of sp³-hybridized carbons (Fsp3) is 0. The Kier molecular flexibility index (Phi) is 2.32. The third-order valence-corrected chi connectivity index (χ3v) is 2.16. The number of carbonyl (C=O) groups excluding carboxylic acids is 2. The molecule has 0 unspecified atom stereocenters. The first-order valence-electron chi connectivity index (χ1n) is 4.34. The van der Waals surface area contributed by atoms with Gasteiger partial charge >= 0.3 is 5.91 Å². The molecular formula is C10H8N2O3. The molecule has 1 aromatic heterocycles. The Labute approximate surface area is 84.7 Å². The number of hydrogen-bond donors (Lipinski definition) is 2. The molecule has 1 amide bonds. The number of hydroxylamine groups is 1. The number of H-pyrrole nitrogens is 1. The molecule has 5 nitrogen and oxygen atoms in total. The fourth-order valence-corrected chi connectivity index (χ4v) is 1.45. The zero-order chi connectivity index (χ0) is 10.8. The van der Waals surface area contributed by atoms with Crippen molar-refractivity contribution in [3.63, 3.8) is 0 Å². The SMILES string of the molecule is O=C([NH2+][O-])C(=O)c1c[nH]c2ccccc12. The number of carbonyl (C=O) groups is 2. The summed E-state index contributed by atoms with van der Waals surface area (Å²) in [5, 5.41) is 10.8. The van der Waals surface area contributed by atoms with Crippen molar-refractivity contribution < 1.29 is 15.1 Å². The minimum Gasteiger partial charge on any atom is -0.628 e. The smallest absolute Gasteiger partial charge is 0.383 e. The molecule has 2 aromatic rings. The van der Waals surface area contributed by atoms with Gasteiger partial charge in [-0.05, 0) is 6.07 Å². The first-order chi connectivity index (χ1) is 7.24. The molecule has 0 aliphatic heterocycles. The van der Waals surface area contributed by atoms with Gasteiger partial charge in [0, 0.05) is 17.1 Å². The molecular weight excluding hydrogens is 196 g/mol. The number of ketones is 1. The van der Waals surface area contributed by atoms with E-state index < -0.39 is 11.7 Å². The number of para-hydroxylation sites is 1. The number of aromatic nitrogens is 1. The van der Waals surface area contributed by atoms with Crippen LogP contribution in [0.3, 0.4) is 0 Å². The van der Waals surface area contributed by atoms with Gasteiger partial charge in [-0.3, -0.25) is 4.79 Å². The highest BCUT2D eigenvalue weighted by Gasteiger charge is 2.20. The maximum Gasteiger partial charge on any atom is 0.383 e. The van der Waals surface area contributed by atoms with E-state index in [0.29, 0.717) is 5.39 Å². The number of amides is 1. The summed E-state index contributed by atoms with van der Waals surface area (Å²) in [6.45, 7) is 0. The van der Waals surface area contributed by atoms with E-state index in [-0.39, 0.29) is 11.0 Å². The molecule has 0 atom stereocenters. The normalized spacial score (nSPS) is 10.5. The second-order valence-corrected chi connectivity index (χ2v) is 3.06. The summed E-state index contributed by atoms with van der Waals surface area (Å²) in [4.78, 5) is 25.2. The number of quaternary nitrogens is 1. The minimum atomic E-state index is -1.03. The van der Waals surface area contributed by atoms with Crippen LogP contribution in [-0.4, -0.2) is 16.7 Å². The van der Waals surface area contributed by atoms with Crippen LogP contribution in [0.2, 0.25) is 0 Å². The molecule has 0 radical (unpaired) electrons. The average Bonchev–Trinajstić information content (AvgIpc) is 2.70. The lowest BCUT2D eigenvalue weighted by atomic mass is 10.1. The van der Waals surface area contributed by atoms with Crippen molar-refractivity contribution in [3.05, 3.63) is 41.2 Å². The van der Waals surface area contributed by atoms with Crippen molar-refractivity contribution in [1.82, 2.24) is 4.98 Å². The topological polar surface area (TPSA) is 89.6 Å². The minimum absolute atomic E-state index is 0.0319. The van der Waals surface area contributed by atoms with Crippen LogP contribution in [0.5, 0.6) is 0 Å². The molecule has 5 heteroatoms. The van der Waals surface area contributed by atoms with Crippen LogP contribution < -0.4 is 5.48 Å². The van der Waals surface area contributed by atoms with E-state index in [4.69, 9.17) is 0 Å². The Hall–Kier alpha value is -1.98. The molecule has 0 saturated carbocycles. The molecule has 0 fully saturated rings. The highest BCUT2D eigenvalue weighted by atomic mass is 16.5. The van der Waals surface area contributed by atoms with Crippen molar-refractivity contribution in [2.24, 2.45) is 0 Å². The van der Waals surface area contributed by atoms with E-state index in [1.54, 1.807) is 18.2 Å². The molecule has 0 saturated heterocycles.